The average Bonchev–Trinajstić information content (AvgIpc) is 2.87. The van der Waals surface area contributed by atoms with Crippen molar-refractivity contribution in [1.29, 1.82) is 0 Å². The molecule has 1 aliphatic heterocycles. The van der Waals surface area contributed by atoms with Crippen molar-refractivity contribution >= 4 is 23.5 Å². The number of rotatable bonds is 4. The Balaban J connectivity index is 1.84. The summed E-state index contributed by atoms with van der Waals surface area (Å²) in [5, 5.41) is 2.36. The number of imide groups is 1. The van der Waals surface area contributed by atoms with Crippen LogP contribution in [0.25, 0.3) is 0 Å². The molecule has 1 atom stereocenters. The molecule has 0 saturated carbocycles. The molecule has 1 fully saturated rings. The third-order valence-electron chi connectivity index (χ3n) is 4.55. The number of likely N-dealkylation sites (N-methyl/N-ethyl adjacent to an activating group) is 1. The molecule has 27 heavy (non-hydrogen) atoms. The van der Waals surface area contributed by atoms with Crippen LogP contribution in [0.4, 0.5) is 19.3 Å². The molecule has 6 nitrogen and oxygen atoms in total. The molecular weight excluding hydrogens is 356 g/mol. The number of urea groups is 1. The van der Waals surface area contributed by atoms with E-state index in [1.54, 1.807) is 30.3 Å². The number of nitrogens with zero attached hydrogens (tertiary/aromatic N) is 2. The highest BCUT2D eigenvalue weighted by Gasteiger charge is 2.51. The van der Waals surface area contributed by atoms with E-state index in [4.69, 9.17) is 0 Å². The fraction of sp³-hybridized carbons (Fsp3) is 0.211. The molecule has 140 valence electrons. The second-order valence-electron chi connectivity index (χ2n) is 6.36. The zero-order valence-corrected chi connectivity index (χ0v) is 14.7. The summed E-state index contributed by atoms with van der Waals surface area (Å²) in [5.41, 5.74) is -1.50. The van der Waals surface area contributed by atoms with E-state index in [1.807, 2.05) is 0 Å². The zero-order valence-electron chi connectivity index (χ0n) is 14.7. The van der Waals surface area contributed by atoms with Crippen molar-refractivity contribution in [2.24, 2.45) is 0 Å². The molecule has 0 radical (unpaired) electrons. The first-order chi connectivity index (χ1) is 12.7. The number of halogens is 2. The normalized spacial score (nSPS) is 19.2. The molecular formula is C19H17F2N3O3. The monoisotopic (exact) mass is 373 g/mol. The van der Waals surface area contributed by atoms with E-state index in [9.17, 15) is 23.2 Å². The van der Waals surface area contributed by atoms with Crippen LogP contribution in [0.2, 0.25) is 0 Å². The minimum absolute atomic E-state index is 0.299. The van der Waals surface area contributed by atoms with E-state index in [0.717, 1.165) is 18.2 Å². The SMILES string of the molecule is CN(C(=O)CN1C(=O)N[C@@](C)(c2cc(F)ccc2F)C1=O)c1ccccc1. The molecule has 1 saturated heterocycles. The molecule has 1 aliphatic rings. The average molecular weight is 373 g/mol. The van der Waals surface area contributed by atoms with Gasteiger partial charge in [0.2, 0.25) is 5.91 Å². The molecule has 1 N–H and O–H groups in total. The quantitative estimate of drug-likeness (QED) is 0.837. The van der Waals surface area contributed by atoms with Crippen LogP contribution in [0.15, 0.2) is 48.5 Å². The van der Waals surface area contributed by atoms with Gasteiger partial charge >= 0.3 is 6.03 Å². The van der Waals surface area contributed by atoms with E-state index >= 15 is 0 Å². The second-order valence-corrected chi connectivity index (χ2v) is 6.36. The van der Waals surface area contributed by atoms with Crippen LogP contribution in [-0.4, -0.2) is 36.3 Å². The molecule has 0 aliphatic carbocycles. The van der Waals surface area contributed by atoms with Gasteiger partial charge in [-0.15, -0.1) is 0 Å². The number of amides is 4. The molecule has 2 aromatic rings. The lowest BCUT2D eigenvalue weighted by Gasteiger charge is -2.23. The number of carbonyl (C=O) groups is 3. The van der Waals surface area contributed by atoms with Gasteiger partial charge in [-0.2, -0.15) is 0 Å². The maximum Gasteiger partial charge on any atom is 0.325 e. The molecule has 0 aromatic heterocycles. The van der Waals surface area contributed by atoms with Crippen LogP contribution in [-0.2, 0) is 15.1 Å². The molecule has 8 heteroatoms. The lowest BCUT2D eigenvalue weighted by molar-refractivity contribution is -0.134. The molecule has 4 amide bonds. The Morgan fingerprint density at radius 2 is 1.81 bits per heavy atom. The highest BCUT2D eigenvalue weighted by molar-refractivity contribution is 6.10. The summed E-state index contributed by atoms with van der Waals surface area (Å²) >= 11 is 0. The Morgan fingerprint density at radius 1 is 1.15 bits per heavy atom. The van der Waals surface area contributed by atoms with Gasteiger partial charge in [0.1, 0.15) is 23.7 Å². The van der Waals surface area contributed by atoms with Crippen LogP contribution in [0.3, 0.4) is 0 Å². The Bertz CT molecular complexity index is 920. The first kappa shape index (κ1) is 18.5. The van der Waals surface area contributed by atoms with Crippen LogP contribution in [0.1, 0.15) is 12.5 Å². The van der Waals surface area contributed by atoms with Crippen LogP contribution < -0.4 is 10.2 Å². The predicted octanol–water partition coefficient (Wildman–Crippen LogP) is 2.39. The van der Waals surface area contributed by atoms with Gasteiger partial charge in [-0.05, 0) is 37.3 Å². The molecule has 1 heterocycles. The van der Waals surface area contributed by atoms with E-state index in [0.29, 0.717) is 10.6 Å². The van der Waals surface area contributed by atoms with E-state index in [2.05, 4.69) is 5.32 Å². The van der Waals surface area contributed by atoms with Crippen molar-refractivity contribution in [3.8, 4) is 0 Å². The maximum absolute atomic E-state index is 14.1. The Morgan fingerprint density at radius 3 is 2.48 bits per heavy atom. The van der Waals surface area contributed by atoms with Gasteiger partial charge in [-0.1, -0.05) is 18.2 Å². The van der Waals surface area contributed by atoms with Gasteiger partial charge in [0.25, 0.3) is 5.91 Å². The lowest BCUT2D eigenvalue weighted by Crippen LogP contribution is -2.44. The predicted molar refractivity (Wildman–Crippen MR) is 93.8 cm³/mol. The Kier molecular flexibility index (Phi) is 4.65. The highest BCUT2D eigenvalue weighted by Crippen LogP contribution is 2.31. The van der Waals surface area contributed by atoms with Crippen molar-refractivity contribution in [3.63, 3.8) is 0 Å². The first-order valence-electron chi connectivity index (χ1n) is 8.15. The number of nitrogens with one attached hydrogen (secondary N) is 1. The first-order valence-corrected chi connectivity index (χ1v) is 8.15. The van der Waals surface area contributed by atoms with E-state index in [-0.39, 0.29) is 5.56 Å². The standard InChI is InChI=1S/C19H17F2N3O3/c1-19(14-10-12(20)8-9-15(14)21)17(26)24(18(27)22-19)11-16(25)23(2)13-6-4-3-5-7-13/h3-10H,11H2,1-2H3,(H,22,27)/t19-/m0/s1. The van der Waals surface area contributed by atoms with Crippen molar-refractivity contribution in [2.75, 3.05) is 18.5 Å². The smallest absolute Gasteiger partial charge is 0.319 e. The summed E-state index contributed by atoms with van der Waals surface area (Å²) in [6, 6.07) is 10.5. The van der Waals surface area contributed by atoms with Crippen LogP contribution >= 0.6 is 0 Å². The molecule has 2 aromatic carbocycles. The lowest BCUT2D eigenvalue weighted by atomic mass is 9.91. The summed E-state index contributed by atoms with van der Waals surface area (Å²) in [7, 11) is 1.52. The number of anilines is 1. The summed E-state index contributed by atoms with van der Waals surface area (Å²) in [4.78, 5) is 39.5. The Hall–Kier alpha value is -3.29. The topological polar surface area (TPSA) is 69.7 Å². The van der Waals surface area contributed by atoms with Crippen molar-refractivity contribution < 1.29 is 23.2 Å². The van der Waals surface area contributed by atoms with Gasteiger partial charge in [-0.25, -0.2) is 13.6 Å². The van der Waals surface area contributed by atoms with Gasteiger partial charge in [0.05, 0.1) is 0 Å². The summed E-state index contributed by atoms with van der Waals surface area (Å²) in [6.07, 6.45) is 0. The van der Waals surface area contributed by atoms with E-state index < -0.39 is 41.6 Å². The largest absolute Gasteiger partial charge is 0.325 e. The minimum Gasteiger partial charge on any atom is -0.319 e. The number of para-hydroxylation sites is 1. The summed E-state index contributed by atoms with van der Waals surface area (Å²) < 4.78 is 27.7. The fourth-order valence-electron chi connectivity index (χ4n) is 2.94. The van der Waals surface area contributed by atoms with E-state index in [1.165, 1.54) is 18.9 Å². The number of hydrogen-bond acceptors (Lipinski definition) is 3. The van der Waals surface area contributed by atoms with Gasteiger partial charge in [-0.3, -0.25) is 14.5 Å². The van der Waals surface area contributed by atoms with Crippen molar-refractivity contribution in [3.05, 3.63) is 65.7 Å². The minimum atomic E-state index is -1.80. The maximum atomic E-state index is 14.1. The molecule has 0 spiro atoms. The summed E-state index contributed by atoms with van der Waals surface area (Å²) in [6.45, 7) is 0.749. The molecule has 0 bridgehead atoms. The van der Waals surface area contributed by atoms with Crippen LogP contribution in [0.5, 0.6) is 0 Å². The van der Waals surface area contributed by atoms with Crippen molar-refractivity contribution in [2.45, 2.75) is 12.5 Å². The Labute approximate surface area is 154 Å². The fourth-order valence-corrected chi connectivity index (χ4v) is 2.94. The third-order valence-corrected chi connectivity index (χ3v) is 4.55. The summed E-state index contributed by atoms with van der Waals surface area (Å²) in [5.74, 6) is -2.91. The number of benzene rings is 2. The number of carbonyl (C=O) groups excluding carboxylic acids is 3. The third kappa shape index (κ3) is 3.25. The van der Waals surface area contributed by atoms with Crippen molar-refractivity contribution in [1.82, 2.24) is 10.2 Å². The van der Waals surface area contributed by atoms with Gasteiger partial charge in [0, 0.05) is 18.3 Å². The molecule has 0 unspecified atom stereocenters. The number of hydrogen-bond donors (Lipinski definition) is 1. The van der Waals surface area contributed by atoms with Gasteiger partial charge in [0.15, 0.2) is 0 Å². The van der Waals surface area contributed by atoms with Crippen LogP contribution in [0, 0.1) is 11.6 Å². The molecule has 3 rings (SSSR count). The van der Waals surface area contributed by atoms with Gasteiger partial charge < -0.3 is 10.2 Å². The second kappa shape index (κ2) is 6.79. The zero-order chi connectivity index (χ0) is 19.8. The highest BCUT2D eigenvalue weighted by atomic mass is 19.1.